The lowest BCUT2D eigenvalue weighted by atomic mass is 10.0. The number of halogens is 3. The summed E-state index contributed by atoms with van der Waals surface area (Å²) in [5, 5.41) is 0. The van der Waals surface area contributed by atoms with E-state index in [2.05, 4.69) is 14.9 Å². The predicted octanol–water partition coefficient (Wildman–Crippen LogP) is 4.51. The topological polar surface area (TPSA) is 55.3 Å². The second kappa shape index (κ2) is 8.47. The van der Waals surface area contributed by atoms with E-state index in [4.69, 9.17) is 4.74 Å². The average Bonchev–Trinajstić information content (AvgIpc) is 2.77. The number of rotatable bonds is 4. The fourth-order valence-corrected chi connectivity index (χ4v) is 3.61. The zero-order valence-corrected chi connectivity index (χ0v) is 16.8. The van der Waals surface area contributed by atoms with Crippen molar-refractivity contribution < 1.29 is 22.7 Å². The number of aromatic nitrogens is 2. The molecule has 3 aromatic rings. The second-order valence-corrected chi connectivity index (χ2v) is 7.39. The van der Waals surface area contributed by atoms with Crippen molar-refractivity contribution in [2.45, 2.75) is 25.7 Å². The van der Waals surface area contributed by atoms with Crippen molar-refractivity contribution >= 4 is 5.97 Å². The van der Waals surface area contributed by atoms with Crippen molar-refractivity contribution in [1.29, 1.82) is 0 Å². The summed E-state index contributed by atoms with van der Waals surface area (Å²) < 4.78 is 43.2. The number of carbonyl (C=O) groups excluding carboxylic acids is 1. The maximum absolute atomic E-state index is 12.8. The van der Waals surface area contributed by atoms with Crippen LogP contribution in [0.1, 0.15) is 32.7 Å². The molecule has 2 heterocycles. The molecule has 0 saturated heterocycles. The van der Waals surface area contributed by atoms with Crippen LogP contribution in [0.4, 0.5) is 13.2 Å². The molecule has 31 heavy (non-hydrogen) atoms. The molecule has 0 radical (unpaired) electrons. The SMILES string of the molecule is COC(=O)c1cccc(CN2CCc3cnc(-c4ccc(C(F)(F)F)cc4)nc3C2)c1. The van der Waals surface area contributed by atoms with E-state index >= 15 is 0 Å². The first kappa shape index (κ1) is 21.0. The summed E-state index contributed by atoms with van der Waals surface area (Å²) in [5.74, 6) is 0.0294. The van der Waals surface area contributed by atoms with Crippen molar-refractivity contribution in [3.05, 3.63) is 82.7 Å². The Morgan fingerprint density at radius 1 is 1.16 bits per heavy atom. The van der Waals surface area contributed by atoms with Crippen LogP contribution in [0.15, 0.2) is 54.7 Å². The molecule has 2 aromatic carbocycles. The number of carbonyl (C=O) groups is 1. The van der Waals surface area contributed by atoms with Crippen LogP contribution in [0.5, 0.6) is 0 Å². The van der Waals surface area contributed by atoms with Crippen molar-refractivity contribution in [2.24, 2.45) is 0 Å². The van der Waals surface area contributed by atoms with Gasteiger partial charge < -0.3 is 4.74 Å². The summed E-state index contributed by atoms with van der Waals surface area (Å²) in [6.07, 6.45) is -1.84. The predicted molar refractivity (Wildman–Crippen MR) is 108 cm³/mol. The van der Waals surface area contributed by atoms with Crippen LogP contribution >= 0.6 is 0 Å². The van der Waals surface area contributed by atoms with E-state index in [1.807, 2.05) is 18.2 Å². The number of alkyl halides is 3. The molecule has 0 saturated carbocycles. The number of benzene rings is 2. The number of methoxy groups -OCH3 is 1. The molecule has 0 spiro atoms. The average molecular weight is 427 g/mol. The Balaban J connectivity index is 1.51. The standard InChI is InChI=1S/C23H20F3N3O2/c1-31-22(30)17-4-2-3-15(11-17)13-29-10-9-18-12-27-21(28-20(18)14-29)16-5-7-19(8-6-16)23(24,25)26/h2-8,11-12H,9-10,13-14H2,1H3. The van der Waals surface area contributed by atoms with Crippen molar-refractivity contribution in [2.75, 3.05) is 13.7 Å². The monoisotopic (exact) mass is 427 g/mol. The highest BCUT2D eigenvalue weighted by Crippen LogP contribution is 2.30. The molecule has 0 N–H and O–H groups in total. The Morgan fingerprint density at radius 2 is 1.94 bits per heavy atom. The lowest BCUT2D eigenvalue weighted by molar-refractivity contribution is -0.137. The molecular formula is C23H20F3N3O2. The number of fused-ring (bicyclic) bond motifs is 1. The van der Waals surface area contributed by atoms with Crippen LogP contribution in [0.2, 0.25) is 0 Å². The molecule has 5 nitrogen and oxygen atoms in total. The van der Waals surface area contributed by atoms with E-state index in [-0.39, 0.29) is 5.97 Å². The lowest BCUT2D eigenvalue weighted by Crippen LogP contribution is -2.31. The van der Waals surface area contributed by atoms with Gasteiger partial charge in [0.15, 0.2) is 5.82 Å². The van der Waals surface area contributed by atoms with Gasteiger partial charge in [0.1, 0.15) is 0 Å². The number of hydrogen-bond acceptors (Lipinski definition) is 5. The van der Waals surface area contributed by atoms with Gasteiger partial charge in [0.2, 0.25) is 0 Å². The lowest BCUT2D eigenvalue weighted by Gasteiger charge is -2.28. The first-order chi connectivity index (χ1) is 14.8. The van der Waals surface area contributed by atoms with Crippen LogP contribution < -0.4 is 0 Å². The van der Waals surface area contributed by atoms with Crippen molar-refractivity contribution in [1.82, 2.24) is 14.9 Å². The van der Waals surface area contributed by atoms with Crippen molar-refractivity contribution in [3.8, 4) is 11.4 Å². The molecule has 0 atom stereocenters. The van der Waals surface area contributed by atoms with E-state index in [0.29, 0.717) is 30.0 Å². The largest absolute Gasteiger partial charge is 0.465 e. The van der Waals surface area contributed by atoms with E-state index in [1.54, 1.807) is 12.3 Å². The summed E-state index contributed by atoms with van der Waals surface area (Å²) in [6.45, 7) is 2.05. The Labute approximate surface area is 177 Å². The van der Waals surface area contributed by atoms with Gasteiger partial charge in [0, 0.05) is 31.4 Å². The Kier molecular flexibility index (Phi) is 5.73. The first-order valence-electron chi connectivity index (χ1n) is 9.75. The zero-order chi connectivity index (χ0) is 22.0. The van der Waals surface area contributed by atoms with Gasteiger partial charge in [-0.25, -0.2) is 14.8 Å². The number of hydrogen-bond donors (Lipinski definition) is 0. The Hall–Kier alpha value is -3.26. The number of ether oxygens (including phenoxy) is 1. The van der Waals surface area contributed by atoms with Gasteiger partial charge >= 0.3 is 12.1 Å². The Morgan fingerprint density at radius 3 is 2.65 bits per heavy atom. The molecule has 0 amide bonds. The highest BCUT2D eigenvalue weighted by atomic mass is 19.4. The van der Waals surface area contributed by atoms with Crippen LogP contribution in [0.25, 0.3) is 11.4 Å². The zero-order valence-electron chi connectivity index (χ0n) is 16.8. The minimum atomic E-state index is -4.37. The molecule has 4 rings (SSSR count). The summed E-state index contributed by atoms with van der Waals surface area (Å²) in [7, 11) is 1.35. The van der Waals surface area contributed by atoms with E-state index in [9.17, 15) is 18.0 Å². The third-order valence-electron chi connectivity index (χ3n) is 5.25. The molecule has 1 aliphatic rings. The van der Waals surface area contributed by atoms with E-state index < -0.39 is 11.7 Å². The van der Waals surface area contributed by atoms with E-state index in [1.165, 1.54) is 19.2 Å². The van der Waals surface area contributed by atoms with Crippen LogP contribution in [0.3, 0.4) is 0 Å². The maximum Gasteiger partial charge on any atom is 0.416 e. The van der Waals surface area contributed by atoms with Gasteiger partial charge in [-0.15, -0.1) is 0 Å². The minimum Gasteiger partial charge on any atom is -0.465 e. The fourth-order valence-electron chi connectivity index (χ4n) is 3.61. The molecule has 0 bridgehead atoms. The summed E-state index contributed by atoms with van der Waals surface area (Å²) in [4.78, 5) is 22.9. The highest BCUT2D eigenvalue weighted by Gasteiger charge is 2.30. The first-order valence-corrected chi connectivity index (χ1v) is 9.75. The van der Waals surface area contributed by atoms with Gasteiger partial charge in [0.05, 0.1) is 23.9 Å². The second-order valence-electron chi connectivity index (χ2n) is 7.39. The van der Waals surface area contributed by atoms with Gasteiger partial charge in [-0.3, -0.25) is 4.90 Å². The molecule has 8 heteroatoms. The van der Waals surface area contributed by atoms with E-state index in [0.717, 1.165) is 41.9 Å². The summed E-state index contributed by atoms with van der Waals surface area (Å²) >= 11 is 0. The molecule has 1 aromatic heterocycles. The third-order valence-corrected chi connectivity index (χ3v) is 5.25. The molecular weight excluding hydrogens is 407 g/mol. The molecule has 0 fully saturated rings. The van der Waals surface area contributed by atoms with Crippen LogP contribution in [0, 0.1) is 0 Å². The highest BCUT2D eigenvalue weighted by molar-refractivity contribution is 5.89. The minimum absolute atomic E-state index is 0.375. The number of nitrogens with zero attached hydrogens (tertiary/aromatic N) is 3. The molecule has 0 unspecified atom stereocenters. The van der Waals surface area contributed by atoms with Gasteiger partial charge in [-0.05, 0) is 41.8 Å². The third kappa shape index (κ3) is 4.74. The van der Waals surface area contributed by atoms with Crippen molar-refractivity contribution in [3.63, 3.8) is 0 Å². The normalized spacial score (nSPS) is 14.2. The van der Waals surface area contributed by atoms with Gasteiger partial charge in [-0.2, -0.15) is 13.2 Å². The Bertz CT molecular complexity index is 1100. The van der Waals surface area contributed by atoms with Crippen LogP contribution in [-0.4, -0.2) is 34.5 Å². The number of esters is 1. The molecule has 160 valence electrons. The van der Waals surface area contributed by atoms with Crippen LogP contribution in [-0.2, 0) is 30.4 Å². The summed E-state index contributed by atoms with van der Waals surface area (Å²) in [5.41, 5.74) is 3.23. The smallest absolute Gasteiger partial charge is 0.416 e. The quantitative estimate of drug-likeness (QED) is 0.574. The molecule has 1 aliphatic heterocycles. The fraction of sp³-hybridized carbons (Fsp3) is 0.261. The van der Waals surface area contributed by atoms with Gasteiger partial charge in [0.25, 0.3) is 0 Å². The molecule has 0 aliphatic carbocycles. The summed E-state index contributed by atoms with van der Waals surface area (Å²) in [6, 6.07) is 12.2. The maximum atomic E-state index is 12.8. The van der Waals surface area contributed by atoms with Gasteiger partial charge in [-0.1, -0.05) is 24.3 Å².